The Morgan fingerprint density at radius 3 is 2.84 bits per heavy atom. The van der Waals surface area contributed by atoms with Crippen molar-refractivity contribution in [1.29, 1.82) is 0 Å². The van der Waals surface area contributed by atoms with E-state index in [1.165, 1.54) is 18.2 Å². The van der Waals surface area contributed by atoms with Gasteiger partial charge in [0, 0.05) is 6.54 Å². The Kier molecular flexibility index (Phi) is 4.54. The van der Waals surface area contributed by atoms with Crippen LogP contribution >= 0.6 is 0 Å². The van der Waals surface area contributed by atoms with Crippen molar-refractivity contribution >= 4 is 10.0 Å². The Balaban J connectivity index is 2.04. The van der Waals surface area contributed by atoms with Gasteiger partial charge in [0.25, 0.3) is 0 Å². The van der Waals surface area contributed by atoms with Gasteiger partial charge in [0.15, 0.2) is 0 Å². The predicted octanol–water partition coefficient (Wildman–Crippen LogP) is 1.35. The molecule has 1 heterocycles. The van der Waals surface area contributed by atoms with Gasteiger partial charge in [-0.15, -0.1) is 0 Å². The van der Waals surface area contributed by atoms with Gasteiger partial charge in [-0.1, -0.05) is 19.1 Å². The zero-order chi connectivity index (χ0) is 13.9. The molecule has 0 aliphatic carbocycles. The van der Waals surface area contributed by atoms with Gasteiger partial charge in [0.1, 0.15) is 10.7 Å². The summed E-state index contributed by atoms with van der Waals surface area (Å²) >= 11 is 0. The van der Waals surface area contributed by atoms with Crippen LogP contribution in [0.3, 0.4) is 0 Å². The van der Waals surface area contributed by atoms with Gasteiger partial charge in [-0.2, -0.15) is 0 Å². The van der Waals surface area contributed by atoms with Crippen LogP contribution in [-0.4, -0.2) is 28.1 Å². The number of halogens is 1. The first-order valence-corrected chi connectivity index (χ1v) is 7.94. The monoisotopic (exact) mass is 286 g/mol. The van der Waals surface area contributed by atoms with Crippen LogP contribution in [0.15, 0.2) is 29.2 Å². The molecule has 2 N–H and O–H groups in total. The molecule has 1 saturated heterocycles. The van der Waals surface area contributed by atoms with E-state index in [0.29, 0.717) is 12.5 Å². The van der Waals surface area contributed by atoms with Gasteiger partial charge >= 0.3 is 0 Å². The highest BCUT2D eigenvalue weighted by Gasteiger charge is 2.24. The summed E-state index contributed by atoms with van der Waals surface area (Å²) in [5, 5.41) is 3.24. The Bertz CT molecular complexity index is 533. The molecule has 2 unspecified atom stereocenters. The molecule has 1 aromatic carbocycles. The number of nitrogens with one attached hydrogen (secondary N) is 2. The molecule has 2 rings (SSSR count). The number of hydrogen-bond donors (Lipinski definition) is 2. The SMILES string of the molecule is CC1CCNCC1CNS(=O)(=O)c1ccccc1F. The lowest BCUT2D eigenvalue weighted by Gasteiger charge is -2.29. The lowest BCUT2D eigenvalue weighted by Crippen LogP contribution is -2.42. The van der Waals surface area contributed by atoms with Crippen molar-refractivity contribution in [3.63, 3.8) is 0 Å². The highest BCUT2D eigenvalue weighted by atomic mass is 32.2. The average Bonchev–Trinajstić information content (AvgIpc) is 2.38. The van der Waals surface area contributed by atoms with E-state index in [1.54, 1.807) is 0 Å². The lowest BCUT2D eigenvalue weighted by molar-refractivity contribution is 0.275. The average molecular weight is 286 g/mol. The van der Waals surface area contributed by atoms with E-state index in [0.717, 1.165) is 25.6 Å². The number of hydrogen-bond acceptors (Lipinski definition) is 3. The third kappa shape index (κ3) is 3.52. The Morgan fingerprint density at radius 2 is 2.16 bits per heavy atom. The third-order valence-electron chi connectivity index (χ3n) is 3.65. The van der Waals surface area contributed by atoms with Gasteiger partial charge in [-0.25, -0.2) is 17.5 Å². The maximum Gasteiger partial charge on any atom is 0.243 e. The van der Waals surface area contributed by atoms with Gasteiger partial charge < -0.3 is 5.32 Å². The minimum atomic E-state index is -3.77. The van der Waals surface area contributed by atoms with E-state index in [9.17, 15) is 12.8 Å². The zero-order valence-corrected chi connectivity index (χ0v) is 11.7. The molecule has 0 spiro atoms. The first-order chi connectivity index (χ1) is 9.00. The molecule has 0 aromatic heterocycles. The van der Waals surface area contributed by atoms with Crippen LogP contribution in [0.5, 0.6) is 0 Å². The van der Waals surface area contributed by atoms with Gasteiger partial charge in [-0.3, -0.25) is 0 Å². The molecule has 1 fully saturated rings. The summed E-state index contributed by atoms with van der Waals surface area (Å²) in [7, 11) is -3.77. The molecular weight excluding hydrogens is 267 g/mol. The van der Waals surface area contributed by atoms with Crippen LogP contribution < -0.4 is 10.0 Å². The number of rotatable bonds is 4. The summed E-state index contributed by atoms with van der Waals surface area (Å²) in [4.78, 5) is -0.286. The van der Waals surface area contributed by atoms with Crippen LogP contribution in [0.4, 0.5) is 4.39 Å². The molecule has 6 heteroatoms. The molecule has 0 bridgehead atoms. The molecule has 2 atom stereocenters. The summed E-state index contributed by atoms with van der Waals surface area (Å²) in [5.41, 5.74) is 0. The van der Waals surface area contributed by atoms with E-state index >= 15 is 0 Å². The lowest BCUT2D eigenvalue weighted by atomic mass is 9.88. The summed E-state index contributed by atoms with van der Waals surface area (Å²) in [6.45, 7) is 4.21. The van der Waals surface area contributed by atoms with Crippen molar-refractivity contribution in [2.45, 2.75) is 18.2 Å². The van der Waals surface area contributed by atoms with Crippen molar-refractivity contribution in [2.75, 3.05) is 19.6 Å². The topological polar surface area (TPSA) is 58.2 Å². The predicted molar refractivity (Wildman–Crippen MR) is 71.7 cm³/mol. The van der Waals surface area contributed by atoms with Crippen molar-refractivity contribution in [3.05, 3.63) is 30.1 Å². The quantitative estimate of drug-likeness (QED) is 0.878. The second-order valence-electron chi connectivity index (χ2n) is 5.01. The second-order valence-corrected chi connectivity index (χ2v) is 6.75. The normalized spacial score (nSPS) is 24.3. The van der Waals surface area contributed by atoms with Crippen LogP contribution in [0, 0.1) is 17.7 Å². The van der Waals surface area contributed by atoms with Crippen molar-refractivity contribution in [2.24, 2.45) is 11.8 Å². The molecule has 4 nitrogen and oxygen atoms in total. The fraction of sp³-hybridized carbons (Fsp3) is 0.538. The molecule has 19 heavy (non-hydrogen) atoms. The highest BCUT2D eigenvalue weighted by Crippen LogP contribution is 2.19. The number of piperidine rings is 1. The molecule has 0 saturated carbocycles. The maximum absolute atomic E-state index is 13.5. The van der Waals surface area contributed by atoms with Crippen LogP contribution in [-0.2, 0) is 10.0 Å². The Morgan fingerprint density at radius 1 is 1.42 bits per heavy atom. The molecule has 106 valence electrons. The van der Waals surface area contributed by atoms with Crippen LogP contribution in [0.2, 0.25) is 0 Å². The third-order valence-corrected chi connectivity index (χ3v) is 5.11. The van der Waals surface area contributed by atoms with E-state index in [1.807, 2.05) is 0 Å². The molecule has 1 aromatic rings. The van der Waals surface area contributed by atoms with Crippen LogP contribution in [0.1, 0.15) is 13.3 Å². The minimum absolute atomic E-state index is 0.246. The van der Waals surface area contributed by atoms with Crippen LogP contribution in [0.25, 0.3) is 0 Å². The fourth-order valence-corrected chi connectivity index (χ4v) is 3.46. The van der Waals surface area contributed by atoms with E-state index in [4.69, 9.17) is 0 Å². The van der Waals surface area contributed by atoms with Crippen molar-refractivity contribution in [3.8, 4) is 0 Å². The largest absolute Gasteiger partial charge is 0.316 e. The van der Waals surface area contributed by atoms with E-state index in [-0.39, 0.29) is 10.8 Å². The second kappa shape index (κ2) is 5.98. The zero-order valence-electron chi connectivity index (χ0n) is 10.9. The molecule has 1 aliphatic heterocycles. The first-order valence-electron chi connectivity index (χ1n) is 6.45. The van der Waals surface area contributed by atoms with Gasteiger partial charge in [0.2, 0.25) is 10.0 Å². The van der Waals surface area contributed by atoms with Gasteiger partial charge in [0.05, 0.1) is 0 Å². The molecular formula is C13H19FN2O2S. The fourth-order valence-electron chi connectivity index (χ4n) is 2.28. The molecule has 1 aliphatic rings. The van der Waals surface area contributed by atoms with Crippen molar-refractivity contribution in [1.82, 2.24) is 10.0 Å². The summed E-state index contributed by atoms with van der Waals surface area (Å²) in [6.07, 6.45) is 1.03. The maximum atomic E-state index is 13.5. The highest BCUT2D eigenvalue weighted by molar-refractivity contribution is 7.89. The standard InChI is InChI=1S/C13H19FN2O2S/c1-10-6-7-15-8-11(10)9-16-19(17,18)13-5-3-2-4-12(13)14/h2-5,10-11,15-16H,6-9H2,1H3. The number of benzene rings is 1. The van der Waals surface area contributed by atoms with Gasteiger partial charge in [-0.05, 0) is 43.5 Å². The Labute approximate surface area is 113 Å². The minimum Gasteiger partial charge on any atom is -0.316 e. The summed E-state index contributed by atoms with van der Waals surface area (Å²) in [6, 6.07) is 5.42. The molecule has 0 amide bonds. The smallest absolute Gasteiger partial charge is 0.243 e. The Hall–Kier alpha value is -0.980. The van der Waals surface area contributed by atoms with Crippen molar-refractivity contribution < 1.29 is 12.8 Å². The summed E-state index contributed by atoms with van der Waals surface area (Å²) in [5.74, 6) is -0.00955. The van der Waals surface area contributed by atoms with E-state index < -0.39 is 15.8 Å². The number of sulfonamides is 1. The summed E-state index contributed by atoms with van der Waals surface area (Å²) < 4.78 is 40.1. The van der Waals surface area contributed by atoms with E-state index in [2.05, 4.69) is 17.0 Å². The first kappa shape index (κ1) is 14.4. The molecule has 0 radical (unpaired) electrons.